The smallest absolute Gasteiger partial charge is 0.326 e. The van der Waals surface area contributed by atoms with E-state index in [1.807, 2.05) is 11.4 Å². The number of aromatic nitrogens is 1. The molecular formula is C14H12N2O4S. The second kappa shape index (κ2) is 5.17. The number of fused-ring (bicyclic) bond motifs is 1. The van der Waals surface area contributed by atoms with Crippen LogP contribution in [0.4, 0.5) is 5.69 Å². The fourth-order valence-corrected chi connectivity index (χ4v) is 2.78. The minimum atomic E-state index is -1.06. The van der Waals surface area contributed by atoms with E-state index in [0.717, 1.165) is 11.3 Å². The highest BCUT2D eigenvalue weighted by atomic mass is 32.1. The quantitative estimate of drug-likeness (QED) is 0.938. The fraction of sp³-hybridized carbons (Fsp3) is 0.214. The summed E-state index contributed by atoms with van der Waals surface area (Å²) in [6.07, 6.45) is 0. The van der Waals surface area contributed by atoms with Crippen LogP contribution in [-0.4, -0.2) is 34.6 Å². The number of ether oxygens (including phenoxy) is 1. The molecule has 2 aromatic rings. The van der Waals surface area contributed by atoms with Crippen molar-refractivity contribution >= 4 is 28.9 Å². The van der Waals surface area contributed by atoms with Gasteiger partial charge in [-0.25, -0.2) is 9.78 Å². The lowest BCUT2D eigenvalue weighted by atomic mass is 10.1. The van der Waals surface area contributed by atoms with Gasteiger partial charge >= 0.3 is 5.97 Å². The third-order valence-corrected chi connectivity index (χ3v) is 3.90. The van der Waals surface area contributed by atoms with Gasteiger partial charge in [0, 0.05) is 10.9 Å². The normalized spacial score (nSPS) is 15.3. The predicted molar refractivity (Wildman–Crippen MR) is 77.6 cm³/mol. The van der Waals surface area contributed by atoms with E-state index in [1.165, 1.54) is 23.2 Å². The van der Waals surface area contributed by atoms with E-state index >= 15 is 0 Å². The van der Waals surface area contributed by atoms with Crippen molar-refractivity contribution in [3.8, 4) is 17.0 Å². The summed E-state index contributed by atoms with van der Waals surface area (Å²) in [7, 11) is 0. The van der Waals surface area contributed by atoms with Crippen molar-refractivity contribution in [2.24, 2.45) is 0 Å². The van der Waals surface area contributed by atoms with E-state index in [-0.39, 0.29) is 12.5 Å². The molecule has 6 nitrogen and oxygen atoms in total. The highest BCUT2D eigenvalue weighted by Crippen LogP contribution is 2.37. The Hall–Kier alpha value is -2.41. The Balaban J connectivity index is 2.09. The number of carboxylic acids is 1. The maximum atomic E-state index is 12.0. The summed E-state index contributed by atoms with van der Waals surface area (Å²) in [5.74, 6) is -0.926. The summed E-state index contributed by atoms with van der Waals surface area (Å²) in [5.41, 5.74) is 3.78. The largest absolute Gasteiger partial charge is 0.482 e. The molecule has 0 saturated carbocycles. The molecule has 1 unspecified atom stereocenters. The molecule has 0 spiro atoms. The van der Waals surface area contributed by atoms with Gasteiger partial charge in [-0.15, -0.1) is 11.3 Å². The van der Waals surface area contributed by atoms with Crippen LogP contribution in [0.15, 0.2) is 29.1 Å². The molecule has 3 rings (SSSR count). The van der Waals surface area contributed by atoms with E-state index in [9.17, 15) is 14.7 Å². The zero-order valence-electron chi connectivity index (χ0n) is 11.1. The molecule has 1 N–H and O–H groups in total. The predicted octanol–water partition coefficient (Wildman–Crippen LogP) is 2.01. The van der Waals surface area contributed by atoms with Crippen molar-refractivity contribution in [2.75, 3.05) is 11.5 Å². The van der Waals surface area contributed by atoms with Gasteiger partial charge in [-0.2, -0.15) is 0 Å². The maximum Gasteiger partial charge on any atom is 0.326 e. The summed E-state index contributed by atoms with van der Waals surface area (Å²) >= 11 is 1.47. The van der Waals surface area contributed by atoms with E-state index < -0.39 is 12.0 Å². The number of nitrogens with zero attached hydrogens (tertiary/aromatic N) is 2. The van der Waals surface area contributed by atoms with Crippen LogP contribution in [0.25, 0.3) is 11.3 Å². The summed E-state index contributed by atoms with van der Waals surface area (Å²) in [6.45, 7) is 1.32. The van der Waals surface area contributed by atoms with Gasteiger partial charge in [0.1, 0.15) is 11.8 Å². The lowest BCUT2D eigenvalue weighted by Crippen LogP contribution is -2.48. The number of benzene rings is 1. The number of carboxylic acid groups (broad SMARTS) is 1. The van der Waals surface area contributed by atoms with Crippen LogP contribution in [0.2, 0.25) is 0 Å². The van der Waals surface area contributed by atoms with Gasteiger partial charge in [0.15, 0.2) is 6.61 Å². The summed E-state index contributed by atoms with van der Waals surface area (Å²) in [4.78, 5) is 28.7. The van der Waals surface area contributed by atoms with Crippen LogP contribution >= 0.6 is 11.3 Å². The molecule has 0 aliphatic carbocycles. The lowest BCUT2D eigenvalue weighted by Gasteiger charge is -2.32. The molecule has 0 saturated heterocycles. The van der Waals surface area contributed by atoms with Gasteiger partial charge in [0.05, 0.1) is 16.9 Å². The number of anilines is 1. The number of thiazole rings is 1. The number of hydrogen-bond donors (Lipinski definition) is 1. The van der Waals surface area contributed by atoms with E-state index in [2.05, 4.69) is 4.98 Å². The van der Waals surface area contributed by atoms with E-state index in [0.29, 0.717) is 11.4 Å². The highest BCUT2D eigenvalue weighted by molar-refractivity contribution is 7.07. The molecule has 7 heteroatoms. The highest BCUT2D eigenvalue weighted by Gasteiger charge is 2.33. The molecule has 0 bridgehead atoms. The minimum Gasteiger partial charge on any atom is -0.482 e. The molecular weight excluding hydrogens is 292 g/mol. The number of carbonyl (C=O) groups excluding carboxylic acids is 1. The van der Waals surface area contributed by atoms with Gasteiger partial charge in [-0.05, 0) is 25.1 Å². The zero-order valence-corrected chi connectivity index (χ0v) is 12.0. The minimum absolute atomic E-state index is 0.152. The molecule has 1 aliphatic rings. The molecule has 108 valence electrons. The zero-order chi connectivity index (χ0) is 15.0. The van der Waals surface area contributed by atoms with Crippen LogP contribution in [0.1, 0.15) is 6.92 Å². The number of hydrogen-bond acceptors (Lipinski definition) is 5. The number of aliphatic carboxylic acids is 1. The molecule has 1 aliphatic heterocycles. The van der Waals surface area contributed by atoms with Gasteiger partial charge in [0.2, 0.25) is 0 Å². The molecule has 1 atom stereocenters. The summed E-state index contributed by atoms with van der Waals surface area (Å²) in [6, 6.07) is 4.36. The topological polar surface area (TPSA) is 79.7 Å². The molecule has 0 radical (unpaired) electrons. The van der Waals surface area contributed by atoms with Crippen LogP contribution in [0.5, 0.6) is 5.75 Å². The average Bonchev–Trinajstić information content (AvgIpc) is 3.00. The van der Waals surface area contributed by atoms with Crippen LogP contribution in [0.3, 0.4) is 0 Å². The molecule has 2 heterocycles. The Bertz CT molecular complexity index is 699. The number of carbonyl (C=O) groups is 2. The Morgan fingerprint density at radius 3 is 3.00 bits per heavy atom. The van der Waals surface area contributed by atoms with Crippen molar-refractivity contribution in [2.45, 2.75) is 13.0 Å². The standard InChI is InChI=1S/C14H12N2O4S/c1-8(14(18)19)16-11-4-9(10-6-21-7-15-10)2-3-12(11)20-5-13(16)17/h2-4,6-8H,5H2,1H3,(H,18,19). The Morgan fingerprint density at radius 2 is 2.33 bits per heavy atom. The van der Waals surface area contributed by atoms with Crippen molar-refractivity contribution in [3.05, 3.63) is 29.1 Å². The molecule has 1 amide bonds. The summed E-state index contributed by atoms with van der Waals surface area (Å²) in [5, 5.41) is 11.1. The van der Waals surface area contributed by atoms with Crippen molar-refractivity contribution in [3.63, 3.8) is 0 Å². The second-order valence-corrected chi connectivity index (χ2v) is 5.34. The first kappa shape index (κ1) is 13.6. The number of rotatable bonds is 3. The van der Waals surface area contributed by atoms with E-state index in [1.54, 1.807) is 17.6 Å². The molecule has 21 heavy (non-hydrogen) atoms. The SMILES string of the molecule is CC(C(=O)O)N1C(=O)COc2ccc(-c3cscn3)cc21. The summed E-state index contributed by atoms with van der Waals surface area (Å²) < 4.78 is 5.37. The first-order chi connectivity index (χ1) is 10.1. The second-order valence-electron chi connectivity index (χ2n) is 4.62. The van der Waals surface area contributed by atoms with Gasteiger partial charge in [0.25, 0.3) is 5.91 Å². The van der Waals surface area contributed by atoms with Gasteiger partial charge in [-0.3, -0.25) is 9.69 Å². The Labute approximate surface area is 124 Å². The monoisotopic (exact) mass is 304 g/mol. The Kier molecular flexibility index (Phi) is 3.34. The first-order valence-electron chi connectivity index (χ1n) is 6.28. The third-order valence-electron chi connectivity index (χ3n) is 3.31. The number of amides is 1. The average molecular weight is 304 g/mol. The Morgan fingerprint density at radius 1 is 1.52 bits per heavy atom. The van der Waals surface area contributed by atoms with Crippen molar-refractivity contribution < 1.29 is 19.4 Å². The maximum absolute atomic E-state index is 12.0. The molecule has 0 fully saturated rings. The van der Waals surface area contributed by atoms with E-state index in [4.69, 9.17) is 4.74 Å². The molecule has 1 aromatic heterocycles. The van der Waals surface area contributed by atoms with Crippen LogP contribution < -0.4 is 9.64 Å². The van der Waals surface area contributed by atoms with Crippen LogP contribution in [0, 0.1) is 0 Å². The van der Waals surface area contributed by atoms with Crippen molar-refractivity contribution in [1.82, 2.24) is 4.98 Å². The third kappa shape index (κ3) is 2.36. The first-order valence-corrected chi connectivity index (χ1v) is 7.22. The molecule has 1 aromatic carbocycles. The van der Waals surface area contributed by atoms with Gasteiger partial charge in [-0.1, -0.05) is 0 Å². The van der Waals surface area contributed by atoms with Crippen LogP contribution in [-0.2, 0) is 9.59 Å². The lowest BCUT2D eigenvalue weighted by molar-refractivity contribution is -0.140. The fourth-order valence-electron chi connectivity index (χ4n) is 2.22. The van der Waals surface area contributed by atoms with Crippen molar-refractivity contribution in [1.29, 1.82) is 0 Å². The van der Waals surface area contributed by atoms with Gasteiger partial charge < -0.3 is 9.84 Å².